The van der Waals surface area contributed by atoms with Gasteiger partial charge in [-0.15, -0.1) is 0 Å². The molecule has 164 valence electrons. The van der Waals surface area contributed by atoms with Crippen LogP contribution in [-0.4, -0.2) is 28.6 Å². The predicted molar refractivity (Wildman–Crippen MR) is 120 cm³/mol. The zero-order chi connectivity index (χ0) is 22.4. The lowest BCUT2D eigenvalue weighted by atomic mass is 10.2. The molecular weight excluding hydrogens is 408 g/mol. The van der Waals surface area contributed by atoms with E-state index >= 15 is 0 Å². The van der Waals surface area contributed by atoms with E-state index in [0.29, 0.717) is 23.7 Å². The molecule has 0 aliphatic rings. The first kappa shape index (κ1) is 23.5. The SMILES string of the molecule is CCCCn1c(N)c(N(CC(C)C)C(=O)COc2ccc(Cl)c(C)c2)c(=O)[nH]c1=O. The van der Waals surface area contributed by atoms with Gasteiger partial charge in [0.15, 0.2) is 12.3 Å². The summed E-state index contributed by atoms with van der Waals surface area (Å²) >= 11 is 6.02. The highest BCUT2D eigenvalue weighted by Crippen LogP contribution is 2.22. The van der Waals surface area contributed by atoms with Gasteiger partial charge in [0.25, 0.3) is 11.5 Å². The normalized spacial score (nSPS) is 11.0. The van der Waals surface area contributed by atoms with E-state index in [-0.39, 0.29) is 30.6 Å². The minimum atomic E-state index is -0.693. The van der Waals surface area contributed by atoms with E-state index in [1.54, 1.807) is 18.2 Å². The number of halogens is 1. The van der Waals surface area contributed by atoms with Crippen molar-refractivity contribution in [1.29, 1.82) is 0 Å². The molecule has 30 heavy (non-hydrogen) atoms. The lowest BCUT2D eigenvalue weighted by molar-refractivity contribution is -0.120. The number of anilines is 2. The van der Waals surface area contributed by atoms with Crippen molar-refractivity contribution < 1.29 is 9.53 Å². The Morgan fingerprint density at radius 3 is 2.63 bits per heavy atom. The summed E-state index contributed by atoms with van der Waals surface area (Å²) < 4.78 is 6.91. The molecule has 8 nitrogen and oxygen atoms in total. The van der Waals surface area contributed by atoms with Crippen LogP contribution in [0.3, 0.4) is 0 Å². The van der Waals surface area contributed by atoms with Crippen molar-refractivity contribution in [2.75, 3.05) is 23.8 Å². The Hall–Kier alpha value is -2.74. The second kappa shape index (κ2) is 10.3. The minimum Gasteiger partial charge on any atom is -0.484 e. The first-order valence-corrected chi connectivity index (χ1v) is 10.3. The number of aromatic nitrogens is 2. The van der Waals surface area contributed by atoms with Crippen molar-refractivity contribution in [3.05, 3.63) is 49.6 Å². The number of aryl methyl sites for hydroxylation is 1. The van der Waals surface area contributed by atoms with Gasteiger partial charge in [-0.3, -0.25) is 19.1 Å². The first-order valence-electron chi connectivity index (χ1n) is 9.97. The standard InChI is InChI=1S/C21H29ClN4O4/c1-5-6-9-25-19(23)18(20(28)24-21(25)29)26(11-13(2)3)17(27)12-30-15-7-8-16(22)14(4)10-15/h7-8,10,13H,5-6,9,11-12,23H2,1-4H3,(H,24,28,29). The molecule has 2 aromatic rings. The summed E-state index contributed by atoms with van der Waals surface area (Å²) in [5, 5.41) is 0.601. The van der Waals surface area contributed by atoms with Crippen LogP contribution in [0.25, 0.3) is 0 Å². The maximum absolute atomic E-state index is 13.0. The van der Waals surface area contributed by atoms with Gasteiger partial charge in [0.1, 0.15) is 11.6 Å². The number of H-pyrrole nitrogens is 1. The summed E-state index contributed by atoms with van der Waals surface area (Å²) in [4.78, 5) is 41.3. The van der Waals surface area contributed by atoms with E-state index in [2.05, 4.69) is 4.98 Å². The average molecular weight is 437 g/mol. The highest BCUT2D eigenvalue weighted by molar-refractivity contribution is 6.31. The van der Waals surface area contributed by atoms with Crippen LogP contribution in [0, 0.1) is 12.8 Å². The molecule has 0 fully saturated rings. The Kier molecular flexibility index (Phi) is 8.11. The number of nitrogens with two attached hydrogens (primary N) is 1. The summed E-state index contributed by atoms with van der Waals surface area (Å²) in [6.07, 6.45) is 1.57. The van der Waals surface area contributed by atoms with Crippen molar-refractivity contribution in [1.82, 2.24) is 9.55 Å². The van der Waals surface area contributed by atoms with Gasteiger partial charge in [0.2, 0.25) is 0 Å². The Morgan fingerprint density at radius 1 is 1.33 bits per heavy atom. The second-order valence-electron chi connectivity index (χ2n) is 7.60. The molecule has 2 rings (SSSR count). The van der Waals surface area contributed by atoms with Crippen LogP contribution >= 0.6 is 11.6 Å². The van der Waals surface area contributed by atoms with Crippen molar-refractivity contribution >= 4 is 29.0 Å². The summed E-state index contributed by atoms with van der Waals surface area (Å²) in [6, 6.07) is 5.09. The van der Waals surface area contributed by atoms with Gasteiger partial charge < -0.3 is 15.4 Å². The predicted octanol–water partition coefficient (Wildman–Crippen LogP) is 2.95. The number of benzene rings is 1. The summed E-state index contributed by atoms with van der Waals surface area (Å²) in [7, 11) is 0. The maximum atomic E-state index is 13.0. The Bertz CT molecular complexity index is 1010. The molecule has 0 saturated carbocycles. The average Bonchev–Trinajstić information content (AvgIpc) is 2.67. The molecule has 0 spiro atoms. The molecule has 0 aliphatic heterocycles. The van der Waals surface area contributed by atoms with Crippen LogP contribution in [0.2, 0.25) is 5.02 Å². The van der Waals surface area contributed by atoms with E-state index in [4.69, 9.17) is 22.1 Å². The summed E-state index contributed by atoms with van der Waals surface area (Å²) in [5.41, 5.74) is 5.70. The van der Waals surface area contributed by atoms with E-state index in [0.717, 1.165) is 12.0 Å². The molecule has 0 radical (unpaired) electrons. The molecule has 1 aromatic carbocycles. The number of hydrogen-bond donors (Lipinski definition) is 2. The minimum absolute atomic E-state index is 0.0199. The fraction of sp³-hybridized carbons (Fsp3) is 0.476. The van der Waals surface area contributed by atoms with Crippen LogP contribution < -0.4 is 26.6 Å². The smallest absolute Gasteiger partial charge is 0.330 e. The Morgan fingerprint density at radius 2 is 2.03 bits per heavy atom. The number of nitrogens with zero attached hydrogens (tertiary/aromatic N) is 2. The van der Waals surface area contributed by atoms with E-state index < -0.39 is 17.2 Å². The molecule has 0 unspecified atom stereocenters. The fourth-order valence-corrected chi connectivity index (χ4v) is 3.11. The van der Waals surface area contributed by atoms with Crippen LogP contribution in [0.4, 0.5) is 11.5 Å². The van der Waals surface area contributed by atoms with Crippen molar-refractivity contribution in [3.63, 3.8) is 0 Å². The van der Waals surface area contributed by atoms with Gasteiger partial charge in [-0.1, -0.05) is 38.8 Å². The van der Waals surface area contributed by atoms with Crippen LogP contribution in [0.5, 0.6) is 5.75 Å². The topological polar surface area (TPSA) is 110 Å². The van der Waals surface area contributed by atoms with E-state index in [1.807, 2.05) is 27.7 Å². The third-order valence-electron chi connectivity index (χ3n) is 4.56. The maximum Gasteiger partial charge on any atom is 0.330 e. The summed E-state index contributed by atoms with van der Waals surface area (Å²) in [5.74, 6) is 0.0915. The molecule has 1 amide bonds. The van der Waals surface area contributed by atoms with Crippen molar-refractivity contribution in [3.8, 4) is 5.75 Å². The molecule has 9 heteroatoms. The lowest BCUT2D eigenvalue weighted by Gasteiger charge is -2.26. The highest BCUT2D eigenvalue weighted by atomic mass is 35.5. The largest absolute Gasteiger partial charge is 0.484 e. The number of carbonyl (C=O) groups is 1. The highest BCUT2D eigenvalue weighted by Gasteiger charge is 2.25. The molecule has 0 bridgehead atoms. The van der Waals surface area contributed by atoms with E-state index in [1.165, 1.54) is 9.47 Å². The second-order valence-corrected chi connectivity index (χ2v) is 8.00. The van der Waals surface area contributed by atoms with Crippen molar-refractivity contribution in [2.45, 2.75) is 47.1 Å². The first-order chi connectivity index (χ1) is 14.1. The van der Waals surface area contributed by atoms with Crippen LogP contribution in [0.15, 0.2) is 27.8 Å². The quantitative estimate of drug-likeness (QED) is 0.627. The zero-order valence-corrected chi connectivity index (χ0v) is 18.6. The van der Waals surface area contributed by atoms with Gasteiger partial charge in [-0.25, -0.2) is 4.79 Å². The number of nitrogens with one attached hydrogen (secondary N) is 1. The molecule has 0 saturated heterocycles. The number of carbonyl (C=O) groups excluding carboxylic acids is 1. The van der Waals surface area contributed by atoms with Crippen LogP contribution in [-0.2, 0) is 11.3 Å². The molecule has 3 N–H and O–H groups in total. The van der Waals surface area contributed by atoms with Gasteiger partial charge in [-0.05, 0) is 43.0 Å². The van der Waals surface area contributed by atoms with Gasteiger partial charge in [0, 0.05) is 18.1 Å². The van der Waals surface area contributed by atoms with Gasteiger partial charge in [0.05, 0.1) is 0 Å². The summed E-state index contributed by atoms with van der Waals surface area (Å²) in [6.45, 7) is 7.97. The van der Waals surface area contributed by atoms with Gasteiger partial charge in [-0.2, -0.15) is 0 Å². The van der Waals surface area contributed by atoms with Gasteiger partial charge >= 0.3 is 5.69 Å². The molecule has 0 atom stereocenters. The third kappa shape index (κ3) is 5.66. The zero-order valence-electron chi connectivity index (χ0n) is 17.8. The number of hydrogen-bond acceptors (Lipinski definition) is 5. The number of ether oxygens (including phenoxy) is 1. The monoisotopic (exact) mass is 436 g/mol. The Balaban J connectivity index is 2.36. The molecule has 1 aromatic heterocycles. The molecule has 1 heterocycles. The van der Waals surface area contributed by atoms with Crippen molar-refractivity contribution in [2.24, 2.45) is 5.92 Å². The molecular formula is C21H29ClN4O4. The number of nitrogen functional groups attached to an aromatic ring is 1. The lowest BCUT2D eigenvalue weighted by Crippen LogP contribution is -2.44. The number of unbranched alkanes of at least 4 members (excludes halogenated alkanes) is 1. The van der Waals surface area contributed by atoms with Crippen LogP contribution in [0.1, 0.15) is 39.2 Å². The fourth-order valence-electron chi connectivity index (χ4n) is 2.99. The third-order valence-corrected chi connectivity index (χ3v) is 4.98. The number of amides is 1. The van der Waals surface area contributed by atoms with E-state index in [9.17, 15) is 14.4 Å². The Labute approximate surface area is 180 Å². The molecule has 0 aliphatic carbocycles. The number of rotatable bonds is 9. The number of aromatic amines is 1.